The third-order valence-corrected chi connectivity index (χ3v) is 3.44. The van der Waals surface area contributed by atoms with Gasteiger partial charge in [0.2, 0.25) is 0 Å². The highest BCUT2D eigenvalue weighted by molar-refractivity contribution is 6.32. The maximum absolute atomic E-state index is 11.9. The van der Waals surface area contributed by atoms with Crippen molar-refractivity contribution in [2.24, 2.45) is 0 Å². The molecule has 0 saturated carbocycles. The van der Waals surface area contributed by atoms with Gasteiger partial charge >= 0.3 is 0 Å². The Balaban J connectivity index is 2.09. The molecule has 1 aliphatic rings. The van der Waals surface area contributed by atoms with Crippen LogP contribution in [0.25, 0.3) is 0 Å². The summed E-state index contributed by atoms with van der Waals surface area (Å²) >= 11 is 6.03. The molecule has 1 saturated heterocycles. The number of hydrazine groups is 1. The summed E-state index contributed by atoms with van der Waals surface area (Å²) in [5.41, 5.74) is 3.23. The summed E-state index contributed by atoms with van der Waals surface area (Å²) in [6.45, 7) is 3.63. The molecule has 106 valence electrons. The average Bonchev–Trinajstić information content (AvgIpc) is 2.41. The summed E-state index contributed by atoms with van der Waals surface area (Å²) < 4.78 is 1.15. The summed E-state index contributed by atoms with van der Waals surface area (Å²) in [5.74, 6) is 0. The van der Waals surface area contributed by atoms with E-state index in [1.807, 2.05) is 5.01 Å². The van der Waals surface area contributed by atoms with Crippen molar-refractivity contribution < 1.29 is 5.11 Å². The van der Waals surface area contributed by atoms with Gasteiger partial charge in [0.05, 0.1) is 25.0 Å². The van der Waals surface area contributed by atoms with Crippen LogP contribution in [0.3, 0.4) is 0 Å². The van der Waals surface area contributed by atoms with E-state index in [1.54, 1.807) is 0 Å². The normalized spacial score (nSPS) is 17.6. The highest BCUT2D eigenvalue weighted by atomic mass is 35.5. The van der Waals surface area contributed by atoms with Gasteiger partial charge in [0, 0.05) is 26.2 Å². The van der Waals surface area contributed by atoms with Gasteiger partial charge in [-0.1, -0.05) is 11.6 Å². The Labute approximate surface area is 116 Å². The quantitative estimate of drug-likeness (QED) is 0.775. The molecule has 0 bridgehead atoms. The van der Waals surface area contributed by atoms with Gasteiger partial charge in [-0.25, -0.2) is 9.69 Å². The number of nitrogens with zero attached hydrogens (tertiary/aromatic N) is 4. The highest BCUT2D eigenvalue weighted by Crippen LogP contribution is 2.16. The first-order chi connectivity index (χ1) is 9.11. The standard InChI is InChI=1S/C11H18ClN5O2/c1-15-2-4-16(5-3-15)14-9-8-13-17(6-7-18)11(19)10(9)12/h8,14,18H,2-7H2,1H3. The van der Waals surface area contributed by atoms with Crippen molar-refractivity contribution in [2.45, 2.75) is 6.54 Å². The number of likely N-dealkylation sites (N-methyl/N-ethyl adjacent to an activating group) is 1. The molecule has 19 heavy (non-hydrogen) atoms. The number of anilines is 1. The summed E-state index contributed by atoms with van der Waals surface area (Å²) in [4.78, 5) is 14.1. The molecule has 2 rings (SSSR count). The average molecular weight is 288 g/mol. The Morgan fingerprint density at radius 3 is 2.74 bits per heavy atom. The van der Waals surface area contributed by atoms with E-state index in [0.717, 1.165) is 30.9 Å². The van der Waals surface area contributed by atoms with Crippen molar-refractivity contribution in [1.82, 2.24) is 19.7 Å². The van der Waals surface area contributed by atoms with Gasteiger partial charge in [-0.15, -0.1) is 0 Å². The molecule has 0 radical (unpaired) electrons. The minimum atomic E-state index is -0.394. The van der Waals surface area contributed by atoms with Crippen LogP contribution in [-0.2, 0) is 6.54 Å². The monoisotopic (exact) mass is 287 g/mol. The van der Waals surface area contributed by atoms with Crippen molar-refractivity contribution >= 4 is 17.3 Å². The van der Waals surface area contributed by atoms with Crippen molar-refractivity contribution in [3.63, 3.8) is 0 Å². The topological polar surface area (TPSA) is 73.6 Å². The Morgan fingerprint density at radius 1 is 1.42 bits per heavy atom. The molecule has 0 atom stereocenters. The third-order valence-electron chi connectivity index (χ3n) is 3.08. The van der Waals surface area contributed by atoms with Crippen LogP contribution in [0.2, 0.25) is 5.02 Å². The highest BCUT2D eigenvalue weighted by Gasteiger charge is 2.16. The molecule has 0 aliphatic carbocycles. The first-order valence-electron chi connectivity index (χ1n) is 6.18. The minimum absolute atomic E-state index is 0.0994. The lowest BCUT2D eigenvalue weighted by molar-refractivity contribution is 0.179. The Morgan fingerprint density at radius 2 is 2.11 bits per heavy atom. The van der Waals surface area contributed by atoms with Gasteiger partial charge in [-0.05, 0) is 7.05 Å². The number of aliphatic hydroxyl groups is 1. The van der Waals surface area contributed by atoms with Crippen LogP contribution < -0.4 is 11.0 Å². The molecular formula is C11H18ClN5O2. The number of hydrogen-bond acceptors (Lipinski definition) is 6. The SMILES string of the molecule is CN1CCN(Nc2cnn(CCO)c(=O)c2Cl)CC1. The Bertz CT molecular complexity index is 484. The van der Waals surface area contributed by atoms with Crippen molar-refractivity contribution in [3.05, 3.63) is 21.6 Å². The molecule has 0 amide bonds. The van der Waals surface area contributed by atoms with E-state index in [-0.39, 0.29) is 18.2 Å². The van der Waals surface area contributed by atoms with Gasteiger partial charge in [-0.2, -0.15) is 5.10 Å². The van der Waals surface area contributed by atoms with Crippen molar-refractivity contribution in [1.29, 1.82) is 0 Å². The number of halogens is 1. The van der Waals surface area contributed by atoms with Gasteiger partial charge in [0.25, 0.3) is 5.56 Å². The maximum atomic E-state index is 11.9. The molecule has 7 nitrogen and oxygen atoms in total. The number of aromatic nitrogens is 2. The number of rotatable bonds is 4. The molecule has 1 aliphatic heterocycles. The number of piperazine rings is 1. The van der Waals surface area contributed by atoms with E-state index >= 15 is 0 Å². The Hall–Kier alpha value is -1.15. The zero-order chi connectivity index (χ0) is 13.8. The van der Waals surface area contributed by atoms with E-state index in [1.165, 1.54) is 6.20 Å². The van der Waals surface area contributed by atoms with Gasteiger partial charge in [0.15, 0.2) is 0 Å². The molecule has 2 N–H and O–H groups in total. The van der Waals surface area contributed by atoms with Crippen LogP contribution in [0.15, 0.2) is 11.0 Å². The number of aliphatic hydroxyl groups excluding tert-OH is 1. The van der Waals surface area contributed by atoms with Crippen molar-refractivity contribution in [2.75, 3.05) is 45.3 Å². The van der Waals surface area contributed by atoms with Crippen LogP contribution in [0.5, 0.6) is 0 Å². The van der Waals surface area contributed by atoms with Crippen LogP contribution >= 0.6 is 11.6 Å². The van der Waals surface area contributed by atoms with E-state index in [2.05, 4.69) is 22.5 Å². The molecule has 1 fully saturated rings. The summed E-state index contributed by atoms with van der Waals surface area (Å²) in [6.07, 6.45) is 1.51. The zero-order valence-electron chi connectivity index (χ0n) is 10.8. The minimum Gasteiger partial charge on any atom is -0.394 e. The molecule has 1 aromatic rings. The number of hydrogen-bond donors (Lipinski definition) is 2. The van der Waals surface area contributed by atoms with Crippen LogP contribution in [0, 0.1) is 0 Å². The fraction of sp³-hybridized carbons (Fsp3) is 0.636. The van der Waals surface area contributed by atoms with Crippen LogP contribution in [0.1, 0.15) is 0 Å². The van der Waals surface area contributed by atoms with Crippen LogP contribution in [-0.4, -0.2) is 64.6 Å². The fourth-order valence-corrected chi connectivity index (χ4v) is 2.07. The van der Waals surface area contributed by atoms with E-state index in [9.17, 15) is 4.79 Å². The van der Waals surface area contributed by atoms with Gasteiger partial charge in [-0.3, -0.25) is 4.79 Å². The third kappa shape index (κ3) is 3.44. The second-order valence-electron chi connectivity index (χ2n) is 4.53. The lowest BCUT2D eigenvalue weighted by Gasteiger charge is -2.33. The smallest absolute Gasteiger partial charge is 0.287 e. The fourth-order valence-electron chi connectivity index (χ4n) is 1.89. The predicted octanol–water partition coefficient (Wildman–Crippen LogP) is -0.537. The molecule has 2 heterocycles. The molecule has 8 heteroatoms. The molecule has 0 spiro atoms. The summed E-state index contributed by atoms with van der Waals surface area (Å²) in [5, 5.41) is 14.9. The van der Waals surface area contributed by atoms with Gasteiger partial charge < -0.3 is 15.4 Å². The van der Waals surface area contributed by atoms with E-state index < -0.39 is 5.56 Å². The summed E-state index contributed by atoms with van der Waals surface area (Å²) in [7, 11) is 2.07. The number of nitrogens with one attached hydrogen (secondary N) is 1. The predicted molar refractivity (Wildman–Crippen MR) is 73.3 cm³/mol. The first-order valence-corrected chi connectivity index (χ1v) is 6.56. The van der Waals surface area contributed by atoms with E-state index in [0.29, 0.717) is 5.69 Å². The Kier molecular flexibility index (Phi) is 4.76. The maximum Gasteiger partial charge on any atom is 0.287 e. The second-order valence-corrected chi connectivity index (χ2v) is 4.90. The van der Waals surface area contributed by atoms with E-state index in [4.69, 9.17) is 16.7 Å². The zero-order valence-corrected chi connectivity index (χ0v) is 11.6. The van der Waals surface area contributed by atoms with Crippen LogP contribution in [0.4, 0.5) is 5.69 Å². The van der Waals surface area contributed by atoms with Crippen molar-refractivity contribution in [3.8, 4) is 0 Å². The second kappa shape index (κ2) is 6.33. The molecule has 1 aromatic heterocycles. The largest absolute Gasteiger partial charge is 0.394 e. The van der Waals surface area contributed by atoms with Gasteiger partial charge in [0.1, 0.15) is 5.02 Å². The molecule has 0 aromatic carbocycles. The lowest BCUT2D eigenvalue weighted by atomic mass is 10.4. The first kappa shape index (κ1) is 14.3. The molecular weight excluding hydrogens is 270 g/mol. The molecule has 0 unspecified atom stereocenters. The summed E-state index contributed by atoms with van der Waals surface area (Å²) in [6, 6.07) is 0. The lowest BCUT2D eigenvalue weighted by Crippen LogP contribution is -2.47.